The average Bonchev–Trinajstić information content (AvgIpc) is 2.96. The van der Waals surface area contributed by atoms with Crippen LogP contribution in [0.15, 0.2) is 18.2 Å². The highest BCUT2D eigenvalue weighted by Gasteiger charge is 2.21. The Hall–Kier alpha value is -2.12. The molecule has 0 atom stereocenters. The fourth-order valence-electron chi connectivity index (χ4n) is 3.20. The number of anilines is 2. The Labute approximate surface area is 160 Å². The first kappa shape index (κ1) is 20.2. The van der Waals surface area contributed by atoms with Gasteiger partial charge < -0.3 is 10.6 Å². The third kappa shape index (κ3) is 4.74. The first-order valence-electron chi connectivity index (χ1n) is 8.76. The summed E-state index contributed by atoms with van der Waals surface area (Å²) >= 11 is 0. The van der Waals surface area contributed by atoms with E-state index < -0.39 is 0 Å². The number of hydrogen-bond donors (Lipinski definition) is 3. The van der Waals surface area contributed by atoms with Crippen LogP contribution in [-0.2, 0) is 11.8 Å². The van der Waals surface area contributed by atoms with Crippen molar-refractivity contribution < 1.29 is 4.79 Å². The van der Waals surface area contributed by atoms with Gasteiger partial charge in [0.15, 0.2) is 5.82 Å². The molecule has 26 heavy (non-hydrogen) atoms. The second-order valence-corrected chi connectivity index (χ2v) is 6.61. The summed E-state index contributed by atoms with van der Waals surface area (Å²) in [6, 6.07) is 6.07. The molecular formula is C18H27ClN6O. The number of halogens is 1. The van der Waals surface area contributed by atoms with Crippen molar-refractivity contribution in [2.24, 2.45) is 7.05 Å². The highest BCUT2D eigenvalue weighted by Crippen LogP contribution is 2.23. The number of nitrogens with one attached hydrogen (secondary N) is 3. The maximum atomic E-state index is 12.3. The van der Waals surface area contributed by atoms with Crippen molar-refractivity contribution >= 4 is 29.9 Å². The van der Waals surface area contributed by atoms with Crippen molar-refractivity contribution in [3.8, 4) is 0 Å². The van der Waals surface area contributed by atoms with Crippen molar-refractivity contribution in [1.29, 1.82) is 0 Å². The molecule has 2 heterocycles. The van der Waals surface area contributed by atoms with Crippen LogP contribution in [0, 0.1) is 13.8 Å². The molecule has 1 aliphatic rings. The van der Waals surface area contributed by atoms with E-state index in [0.717, 1.165) is 48.6 Å². The smallest absolute Gasteiger partial charge is 0.246 e. The van der Waals surface area contributed by atoms with E-state index in [-0.39, 0.29) is 24.9 Å². The van der Waals surface area contributed by atoms with Gasteiger partial charge in [-0.05, 0) is 50.9 Å². The zero-order valence-electron chi connectivity index (χ0n) is 15.5. The second-order valence-electron chi connectivity index (χ2n) is 6.61. The van der Waals surface area contributed by atoms with E-state index in [1.54, 1.807) is 4.68 Å². The van der Waals surface area contributed by atoms with Crippen LogP contribution in [-0.4, -0.2) is 40.3 Å². The minimum atomic E-state index is -0.130. The SMILES string of the molecule is Cc1cccc(C)c1NCC(=O)Nc1nc(C2CCNCC2)nn1C.Cl. The molecule has 3 N–H and O–H groups in total. The Morgan fingerprint density at radius 3 is 2.58 bits per heavy atom. The summed E-state index contributed by atoms with van der Waals surface area (Å²) in [6.07, 6.45) is 2.07. The summed E-state index contributed by atoms with van der Waals surface area (Å²) in [7, 11) is 1.81. The molecule has 0 unspecified atom stereocenters. The number of benzene rings is 1. The number of hydrogen-bond acceptors (Lipinski definition) is 5. The van der Waals surface area contributed by atoms with Crippen molar-refractivity contribution in [2.45, 2.75) is 32.6 Å². The van der Waals surface area contributed by atoms with Crippen LogP contribution in [0.4, 0.5) is 11.6 Å². The largest absolute Gasteiger partial charge is 0.376 e. The van der Waals surface area contributed by atoms with Crippen molar-refractivity contribution in [1.82, 2.24) is 20.1 Å². The van der Waals surface area contributed by atoms with Crippen LogP contribution in [0.25, 0.3) is 0 Å². The number of aryl methyl sites for hydroxylation is 3. The van der Waals surface area contributed by atoms with Gasteiger partial charge in [0.05, 0.1) is 6.54 Å². The van der Waals surface area contributed by atoms with Gasteiger partial charge in [-0.2, -0.15) is 10.1 Å². The zero-order valence-corrected chi connectivity index (χ0v) is 16.3. The highest BCUT2D eigenvalue weighted by molar-refractivity contribution is 5.92. The van der Waals surface area contributed by atoms with Gasteiger partial charge in [-0.25, -0.2) is 4.68 Å². The van der Waals surface area contributed by atoms with Crippen molar-refractivity contribution in [3.63, 3.8) is 0 Å². The lowest BCUT2D eigenvalue weighted by Crippen LogP contribution is -2.27. The molecular weight excluding hydrogens is 352 g/mol. The number of carbonyl (C=O) groups is 1. The predicted molar refractivity (Wildman–Crippen MR) is 106 cm³/mol. The van der Waals surface area contributed by atoms with Crippen molar-refractivity contribution in [3.05, 3.63) is 35.2 Å². The van der Waals surface area contributed by atoms with Gasteiger partial charge >= 0.3 is 0 Å². The lowest BCUT2D eigenvalue weighted by Gasteiger charge is -2.19. The summed E-state index contributed by atoms with van der Waals surface area (Å²) in [5.41, 5.74) is 3.25. The molecule has 8 heteroatoms. The maximum Gasteiger partial charge on any atom is 0.246 e. The minimum Gasteiger partial charge on any atom is -0.376 e. The summed E-state index contributed by atoms with van der Waals surface area (Å²) in [5.74, 6) is 1.56. The molecule has 142 valence electrons. The van der Waals surface area contributed by atoms with Gasteiger partial charge in [-0.15, -0.1) is 12.4 Å². The monoisotopic (exact) mass is 378 g/mol. The first-order chi connectivity index (χ1) is 12.0. The number of amides is 1. The van der Waals surface area contributed by atoms with Crippen molar-refractivity contribution in [2.75, 3.05) is 30.3 Å². The predicted octanol–water partition coefficient (Wildman–Crippen LogP) is 2.37. The summed E-state index contributed by atoms with van der Waals surface area (Å²) < 4.78 is 1.65. The molecule has 0 saturated carbocycles. The Morgan fingerprint density at radius 2 is 1.92 bits per heavy atom. The van der Waals surface area contributed by atoms with Gasteiger partial charge in [0.1, 0.15) is 0 Å². The fourth-order valence-corrected chi connectivity index (χ4v) is 3.20. The molecule has 0 aliphatic carbocycles. The molecule has 0 spiro atoms. The third-order valence-corrected chi connectivity index (χ3v) is 4.64. The number of carbonyl (C=O) groups excluding carboxylic acids is 1. The van der Waals surface area contributed by atoms with E-state index in [1.165, 1.54) is 0 Å². The van der Waals surface area contributed by atoms with E-state index in [1.807, 2.05) is 39.1 Å². The summed E-state index contributed by atoms with van der Waals surface area (Å²) in [6.45, 7) is 6.23. The quantitative estimate of drug-likeness (QED) is 0.743. The van der Waals surface area contributed by atoms with Crippen LogP contribution in [0.1, 0.15) is 35.7 Å². The lowest BCUT2D eigenvalue weighted by molar-refractivity contribution is -0.114. The molecule has 1 aromatic heterocycles. The normalized spacial score (nSPS) is 14.6. The van der Waals surface area contributed by atoms with Crippen LogP contribution < -0.4 is 16.0 Å². The molecule has 0 radical (unpaired) electrons. The number of aromatic nitrogens is 3. The van der Waals surface area contributed by atoms with Crippen LogP contribution in [0.5, 0.6) is 0 Å². The van der Waals surface area contributed by atoms with E-state index >= 15 is 0 Å². The van der Waals surface area contributed by atoms with Crippen LogP contribution in [0.2, 0.25) is 0 Å². The molecule has 7 nitrogen and oxygen atoms in total. The van der Waals surface area contributed by atoms with Gasteiger partial charge in [0, 0.05) is 18.7 Å². The molecule has 3 rings (SSSR count). The molecule has 1 aliphatic heterocycles. The fraction of sp³-hybridized carbons (Fsp3) is 0.500. The summed E-state index contributed by atoms with van der Waals surface area (Å²) in [4.78, 5) is 16.8. The molecule has 1 fully saturated rings. The van der Waals surface area contributed by atoms with Gasteiger partial charge in [0.2, 0.25) is 11.9 Å². The first-order valence-corrected chi connectivity index (χ1v) is 8.76. The average molecular weight is 379 g/mol. The molecule has 1 aromatic carbocycles. The van der Waals surface area contributed by atoms with E-state index in [9.17, 15) is 4.79 Å². The zero-order chi connectivity index (χ0) is 17.8. The third-order valence-electron chi connectivity index (χ3n) is 4.64. The standard InChI is InChI=1S/C18H26N6O.ClH/c1-12-5-4-6-13(2)16(12)20-11-15(25)21-18-22-17(23-24(18)3)14-7-9-19-10-8-14;/h4-6,14,19-20H,7-11H2,1-3H3,(H,21,22,23,25);1H. The molecule has 2 aromatic rings. The number of para-hydroxylation sites is 1. The lowest BCUT2D eigenvalue weighted by atomic mass is 9.98. The van der Waals surface area contributed by atoms with Gasteiger partial charge in [-0.3, -0.25) is 10.1 Å². The van der Waals surface area contributed by atoms with E-state index in [0.29, 0.717) is 11.9 Å². The topological polar surface area (TPSA) is 83.9 Å². The minimum absolute atomic E-state index is 0. The second kappa shape index (κ2) is 9.00. The van der Waals surface area contributed by atoms with Gasteiger partial charge in [-0.1, -0.05) is 18.2 Å². The Bertz CT molecular complexity index is 734. The van der Waals surface area contributed by atoms with E-state index in [2.05, 4.69) is 26.0 Å². The number of piperidine rings is 1. The number of rotatable bonds is 5. The maximum absolute atomic E-state index is 12.3. The van der Waals surface area contributed by atoms with Gasteiger partial charge in [0.25, 0.3) is 0 Å². The highest BCUT2D eigenvalue weighted by atomic mass is 35.5. The molecule has 1 amide bonds. The Balaban J connectivity index is 0.00000243. The molecule has 1 saturated heterocycles. The van der Waals surface area contributed by atoms with Crippen LogP contribution >= 0.6 is 12.4 Å². The number of nitrogens with zero attached hydrogens (tertiary/aromatic N) is 3. The summed E-state index contributed by atoms with van der Waals surface area (Å²) in [5, 5.41) is 13.9. The Morgan fingerprint density at radius 1 is 1.27 bits per heavy atom. The van der Waals surface area contributed by atoms with E-state index in [4.69, 9.17) is 0 Å². The van der Waals surface area contributed by atoms with Crippen LogP contribution in [0.3, 0.4) is 0 Å². The molecule has 0 bridgehead atoms. The Kier molecular flexibility index (Phi) is 6.99.